The fourth-order valence-electron chi connectivity index (χ4n) is 3.74. The first-order chi connectivity index (χ1) is 12.7. The van der Waals surface area contributed by atoms with E-state index in [9.17, 15) is 0 Å². The summed E-state index contributed by atoms with van der Waals surface area (Å²) in [6.07, 6.45) is 7.74. The van der Waals surface area contributed by atoms with Crippen molar-refractivity contribution < 1.29 is 0 Å². The molecule has 0 amide bonds. The molecule has 1 aliphatic carbocycles. The average molecular weight is 387 g/mol. The molecule has 3 aromatic rings. The van der Waals surface area contributed by atoms with Crippen LogP contribution in [-0.4, -0.2) is 20.2 Å². The van der Waals surface area contributed by atoms with Gasteiger partial charge in [-0.3, -0.25) is 10.1 Å². The first-order valence-corrected chi connectivity index (χ1v) is 10.6. The van der Waals surface area contributed by atoms with Crippen molar-refractivity contribution in [1.29, 1.82) is 0 Å². The number of para-hydroxylation sites is 1. The van der Waals surface area contributed by atoms with E-state index in [-0.39, 0.29) is 0 Å². The van der Waals surface area contributed by atoms with E-state index in [1.165, 1.54) is 32.1 Å². The largest absolute Gasteiger partial charge is 0.262 e. The monoisotopic (exact) mass is 386 g/mol. The number of benzene rings is 1. The lowest BCUT2D eigenvalue weighted by atomic mass is 10.0. The van der Waals surface area contributed by atoms with Gasteiger partial charge >= 0.3 is 0 Å². The maximum absolute atomic E-state index is 6.54. The van der Waals surface area contributed by atoms with Crippen LogP contribution in [-0.2, 0) is 12.2 Å². The van der Waals surface area contributed by atoms with Crippen molar-refractivity contribution in [3.63, 3.8) is 0 Å². The number of hydrogen-bond donors (Lipinski definition) is 1. The van der Waals surface area contributed by atoms with Gasteiger partial charge in [-0.05, 0) is 30.9 Å². The molecular formula is C20H23ClN4S. The molecule has 26 heavy (non-hydrogen) atoms. The maximum atomic E-state index is 6.54. The number of pyridine rings is 1. The molecule has 136 valence electrons. The molecule has 6 heteroatoms. The lowest BCUT2D eigenvalue weighted by molar-refractivity contribution is 0.497. The average Bonchev–Trinajstić information content (AvgIpc) is 3.33. The molecule has 1 fully saturated rings. The van der Waals surface area contributed by atoms with Gasteiger partial charge in [0.1, 0.15) is 5.82 Å². The molecular weight excluding hydrogens is 364 g/mol. The van der Waals surface area contributed by atoms with E-state index in [1.807, 2.05) is 18.2 Å². The molecule has 2 heterocycles. The number of hydrogen-bond acceptors (Lipinski definition) is 4. The van der Waals surface area contributed by atoms with E-state index in [0.29, 0.717) is 5.75 Å². The number of nitrogens with zero attached hydrogens (tertiary/aromatic N) is 3. The smallest absolute Gasteiger partial charge is 0.208 e. The number of H-pyrrole nitrogens is 1. The number of fused-ring (bicyclic) bond motifs is 1. The Bertz CT molecular complexity index is 902. The van der Waals surface area contributed by atoms with Crippen LogP contribution in [0.1, 0.15) is 49.2 Å². The second-order valence-corrected chi connectivity index (χ2v) is 8.38. The van der Waals surface area contributed by atoms with Crippen LogP contribution < -0.4 is 0 Å². The fourth-order valence-corrected chi connectivity index (χ4v) is 4.79. The normalized spacial score (nSPS) is 15.2. The highest BCUT2D eigenvalue weighted by Crippen LogP contribution is 2.31. The number of rotatable bonds is 6. The summed E-state index contributed by atoms with van der Waals surface area (Å²) in [5.74, 6) is 2.54. The second-order valence-electron chi connectivity index (χ2n) is 7.06. The molecule has 1 aliphatic rings. The fraction of sp³-hybridized carbons (Fsp3) is 0.450. The van der Waals surface area contributed by atoms with E-state index in [0.717, 1.165) is 50.5 Å². The zero-order valence-electron chi connectivity index (χ0n) is 15.0. The Hall–Kier alpha value is -1.59. The molecule has 0 unspecified atom stereocenters. The van der Waals surface area contributed by atoms with Crippen molar-refractivity contribution in [2.24, 2.45) is 5.92 Å². The molecule has 1 aromatic carbocycles. The molecule has 4 nitrogen and oxygen atoms in total. The van der Waals surface area contributed by atoms with Gasteiger partial charge in [0.15, 0.2) is 0 Å². The zero-order chi connectivity index (χ0) is 17.9. The molecule has 0 atom stereocenters. The maximum Gasteiger partial charge on any atom is 0.208 e. The predicted molar refractivity (Wildman–Crippen MR) is 108 cm³/mol. The number of aromatic nitrogens is 4. The van der Waals surface area contributed by atoms with Crippen molar-refractivity contribution in [3.05, 3.63) is 46.4 Å². The van der Waals surface area contributed by atoms with Crippen LogP contribution in [0, 0.1) is 12.8 Å². The highest BCUT2D eigenvalue weighted by atomic mass is 35.5. The van der Waals surface area contributed by atoms with Crippen LogP contribution >= 0.6 is 23.4 Å². The highest BCUT2D eigenvalue weighted by molar-refractivity contribution is 7.98. The molecule has 0 saturated heterocycles. The molecule has 0 bridgehead atoms. The van der Waals surface area contributed by atoms with E-state index in [4.69, 9.17) is 16.6 Å². The molecule has 4 rings (SSSR count). The first kappa shape index (κ1) is 17.8. The van der Waals surface area contributed by atoms with Crippen LogP contribution in [0.25, 0.3) is 10.9 Å². The molecule has 0 spiro atoms. The number of halogens is 1. The van der Waals surface area contributed by atoms with Gasteiger partial charge in [-0.25, -0.2) is 4.98 Å². The third kappa shape index (κ3) is 3.89. The van der Waals surface area contributed by atoms with Crippen LogP contribution in [0.4, 0.5) is 0 Å². The SMILES string of the molecule is Cc1c(Cl)c(CSc2n[nH]c(CCC3CCCC3)n2)nc2ccccc12. The van der Waals surface area contributed by atoms with Crippen molar-refractivity contribution in [2.75, 3.05) is 0 Å². The van der Waals surface area contributed by atoms with Gasteiger partial charge in [-0.15, -0.1) is 5.10 Å². The Balaban J connectivity index is 1.41. The van der Waals surface area contributed by atoms with Crippen LogP contribution in [0.15, 0.2) is 29.4 Å². The van der Waals surface area contributed by atoms with Gasteiger partial charge in [0.25, 0.3) is 0 Å². The Kier molecular flexibility index (Phi) is 5.46. The van der Waals surface area contributed by atoms with Gasteiger partial charge < -0.3 is 0 Å². The lowest BCUT2D eigenvalue weighted by Crippen LogP contribution is -1.97. The van der Waals surface area contributed by atoms with E-state index >= 15 is 0 Å². The van der Waals surface area contributed by atoms with Gasteiger partial charge in [-0.2, -0.15) is 0 Å². The first-order valence-electron chi connectivity index (χ1n) is 9.28. The van der Waals surface area contributed by atoms with E-state index in [1.54, 1.807) is 11.8 Å². The molecule has 1 N–H and O–H groups in total. The summed E-state index contributed by atoms with van der Waals surface area (Å²) >= 11 is 8.13. The molecule has 2 aromatic heterocycles. The summed E-state index contributed by atoms with van der Waals surface area (Å²) in [7, 11) is 0. The summed E-state index contributed by atoms with van der Waals surface area (Å²) in [4.78, 5) is 9.35. The van der Waals surface area contributed by atoms with Gasteiger partial charge in [0.2, 0.25) is 5.16 Å². The summed E-state index contributed by atoms with van der Waals surface area (Å²) in [6, 6.07) is 8.11. The Morgan fingerprint density at radius 3 is 2.85 bits per heavy atom. The molecule has 0 aliphatic heterocycles. The predicted octanol–water partition coefficient (Wildman–Crippen LogP) is 5.73. The van der Waals surface area contributed by atoms with Crippen molar-refractivity contribution >= 4 is 34.3 Å². The standard InChI is InChI=1S/C20H23ClN4S/c1-13-15-8-4-5-9-16(15)22-17(19(13)21)12-26-20-23-18(24-25-20)11-10-14-6-2-3-7-14/h4-5,8-9,14H,2-3,6-7,10-12H2,1H3,(H,23,24,25). The summed E-state index contributed by atoms with van der Waals surface area (Å²) in [6.45, 7) is 2.05. The summed E-state index contributed by atoms with van der Waals surface area (Å²) < 4.78 is 0. The van der Waals surface area contributed by atoms with Crippen LogP contribution in [0.5, 0.6) is 0 Å². The highest BCUT2D eigenvalue weighted by Gasteiger charge is 2.16. The molecule has 0 radical (unpaired) electrons. The number of aryl methyl sites for hydroxylation is 2. The number of nitrogens with one attached hydrogen (secondary N) is 1. The quantitative estimate of drug-likeness (QED) is 0.549. The van der Waals surface area contributed by atoms with Crippen LogP contribution in [0.3, 0.4) is 0 Å². The molecule has 1 saturated carbocycles. The number of aromatic amines is 1. The second kappa shape index (κ2) is 7.97. The lowest BCUT2D eigenvalue weighted by Gasteiger charge is -2.09. The minimum atomic E-state index is 0.671. The Morgan fingerprint density at radius 2 is 2.00 bits per heavy atom. The van der Waals surface area contributed by atoms with E-state index in [2.05, 4.69) is 28.2 Å². The topological polar surface area (TPSA) is 54.5 Å². The van der Waals surface area contributed by atoms with Gasteiger partial charge in [-0.1, -0.05) is 67.2 Å². The number of thioether (sulfide) groups is 1. The van der Waals surface area contributed by atoms with Crippen molar-refractivity contribution in [2.45, 2.75) is 56.4 Å². The summed E-state index contributed by atoms with van der Waals surface area (Å²) in [5, 5.41) is 10.1. The summed E-state index contributed by atoms with van der Waals surface area (Å²) in [5.41, 5.74) is 2.96. The minimum Gasteiger partial charge on any atom is -0.262 e. The van der Waals surface area contributed by atoms with E-state index < -0.39 is 0 Å². The van der Waals surface area contributed by atoms with Crippen molar-refractivity contribution in [1.82, 2.24) is 20.2 Å². The minimum absolute atomic E-state index is 0.671. The Morgan fingerprint density at radius 1 is 1.19 bits per heavy atom. The van der Waals surface area contributed by atoms with Crippen molar-refractivity contribution in [3.8, 4) is 0 Å². The van der Waals surface area contributed by atoms with Crippen LogP contribution in [0.2, 0.25) is 5.02 Å². The van der Waals surface area contributed by atoms with Gasteiger partial charge in [0, 0.05) is 17.6 Å². The Labute approximate surface area is 163 Å². The third-order valence-corrected chi connectivity index (χ3v) is 6.62. The zero-order valence-corrected chi connectivity index (χ0v) is 16.5. The van der Waals surface area contributed by atoms with Gasteiger partial charge in [0.05, 0.1) is 16.2 Å². The third-order valence-electron chi connectivity index (χ3n) is 5.26.